The number of rotatable bonds is 7. The first-order valence-corrected chi connectivity index (χ1v) is 8.54. The van der Waals surface area contributed by atoms with Crippen LogP contribution < -0.4 is 14.8 Å². The van der Waals surface area contributed by atoms with Crippen molar-refractivity contribution >= 4 is 11.9 Å². The number of hydrogen-bond donors (Lipinski definition) is 2. The molecule has 0 saturated heterocycles. The van der Waals surface area contributed by atoms with E-state index in [0.29, 0.717) is 25.3 Å². The quantitative estimate of drug-likeness (QED) is 0.798. The molecule has 1 heterocycles. The summed E-state index contributed by atoms with van der Waals surface area (Å²) in [4.78, 5) is 22.9. The Morgan fingerprint density at radius 1 is 1.19 bits per heavy atom. The van der Waals surface area contributed by atoms with E-state index in [2.05, 4.69) is 5.32 Å². The third-order valence-electron chi connectivity index (χ3n) is 4.26. The molecule has 0 bridgehead atoms. The number of nitrogens with one attached hydrogen (secondary N) is 1. The first-order chi connectivity index (χ1) is 12.6. The van der Waals surface area contributed by atoms with Gasteiger partial charge in [0.15, 0.2) is 6.61 Å². The molecule has 0 spiro atoms. The monoisotopic (exact) mass is 355 g/mol. The van der Waals surface area contributed by atoms with Crippen LogP contribution in [0.5, 0.6) is 11.5 Å². The SMILES string of the molecule is O=C(O)COc1cccc(CNC(=O)C[C@H]2CCOc3ccccc32)c1. The highest BCUT2D eigenvalue weighted by atomic mass is 16.5. The Morgan fingerprint density at radius 3 is 2.88 bits per heavy atom. The number of hydrogen-bond acceptors (Lipinski definition) is 4. The average molecular weight is 355 g/mol. The van der Waals surface area contributed by atoms with E-state index >= 15 is 0 Å². The van der Waals surface area contributed by atoms with Gasteiger partial charge >= 0.3 is 5.97 Å². The molecule has 1 aliphatic rings. The van der Waals surface area contributed by atoms with Gasteiger partial charge in [-0.3, -0.25) is 4.79 Å². The summed E-state index contributed by atoms with van der Waals surface area (Å²) in [6.45, 7) is 0.602. The van der Waals surface area contributed by atoms with Crippen molar-refractivity contribution in [1.29, 1.82) is 0 Å². The maximum atomic E-state index is 12.3. The fourth-order valence-electron chi connectivity index (χ4n) is 3.01. The number of carboxylic acids is 1. The van der Waals surface area contributed by atoms with E-state index in [0.717, 1.165) is 23.3 Å². The van der Waals surface area contributed by atoms with E-state index in [-0.39, 0.29) is 18.4 Å². The summed E-state index contributed by atoms with van der Waals surface area (Å²) in [5.74, 6) is 0.437. The molecule has 2 aromatic rings. The lowest BCUT2D eigenvalue weighted by Gasteiger charge is -2.25. The first kappa shape index (κ1) is 17.8. The summed E-state index contributed by atoms with van der Waals surface area (Å²) in [6.07, 6.45) is 1.23. The normalized spacial score (nSPS) is 15.5. The van der Waals surface area contributed by atoms with Crippen LogP contribution >= 0.6 is 0 Å². The van der Waals surface area contributed by atoms with Gasteiger partial charge in [-0.05, 0) is 41.7 Å². The first-order valence-electron chi connectivity index (χ1n) is 8.54. The zero-order chi connectivity index (χ0) is 18.4. The number of carboxylic acid groups (broad SMARTS) is 1. The molecule has 6 nitrogen and oxygen atoms in total. The zero-order valence-corrected chi connectivity index (χ0v) is 14.3. The Kier molecular flexibility index (Phi) is 5.73. The van der Waals surface area contributed by atoms with Crippen LogP contribution in [0.2, 0.25) is 0 Å². The lowest BCUT2D eigenvalue weighted by molar-refractivity contribution is -0.139. The van der Waals surface area contributed by atoms with Gasteiger partial charge in [0, 0.05) is 13.0 Å². The highest BCUT2D eigenvalue weighted by Crippen LogP contribution is 2.35. The van der Waals surface area contributed by atoms with Crippen LogP contribution in [0.1, 0.15) is 29.9 Å². The molecule has 0 unspecified atom stereocenters. The Bertz CT molecular complexity index is 789. The highest BCUT2D eigenvalue weighted by Gasteiger charge is 2.23. The summed E-state index contributed by atoms with van der Waals surface area (Å²) in [7, 11) is 0. The van der Waals surface area contributed by atoms with Crippen molar-refractivity contribution in [3.8, 4) is 11.5 Å². The van der Waals surface area contributed by atoms with Crippen molar-refractivity contribution in [3.05, 3.63) is 59.7 Å². The molecule has 0 aromatic heterocycles. The number of para-hydroxylation sites is 1. The minimum atomic E-state index is -1.03. The second-order valence-electron chi connectivity index (χ2n) is 6.18. The molecule has 0 aliphatic carbocycles. The predicted molar refractivity (Wildman–Crippen MR) is 95.3 cm³/mol. The second-order valence-corrected chi connectivity index (χ2v) is 6.18. The van der Waals surface area contributed by atoms with E-state index in [1.54, 1.807) is 18.2 Å². The maximum Gasteiger partial charge on any atom is 0.341 e. The molecule has 1 atom stereocenters. The van der Waals surface area contributed by atoms with Crippen molar-refractivity contribution in [1.82, 2.24) is 5.32 Å². The standard InChI is InChI=1S/C20H21NO5/c22-19(11-15-8-9-25-18-7-2-1-6-17(15)18)21-12-14-4-3-5-16(10-14)26-13-20(23)24/h1-7,10,15H,8-9,11-13H2,(H,21,22)(H,23,24)/t15-/m1/s1. The minimum absolute atomic E-state index is 0.0245. The summed E-state index contributed by atoms with van der Waals surface area (Å²) in [5, 5.41) is 11.6. The van der Waals surface area contributed by atoms with Crippen molar-refractivity contribution in [2.75, 3.05) is 13.2 Å². The summed E-state index contributed by atoms with van der Waals surface area (Å²) < 4.78 is 10.8. The summed E-state index contributed by atoms with van der Waals surface area (Å²) in [5.41, 5.74) is 1.94. The van der Waals surface area contributed by atoms with Crippen molar-refractivity contribution in [2.45, 2.75) is 25.3 Å². The zero-order valence-electron chi connectivity index (χ0n) is 14.3. The van der Waals surface area contributed by atoms with Crippen molar-refractivity contribution < 1.29 is 24.2 Å². The van der Waals surface area contributed by atoms with Crippen LogP contribution in [0.15, 0.2) is 48.5 Å². The number of benzene rings is 2. The van der Waals surface area contributed by atoms with E-state index in [1.165, 1.54) is 0 Å². The molecule has 0 saturated carbocycles. The third-order valence-corrected chi connectivity index (χ3v) is 4.26. The van der Waals surface area contributed by atoms with Crippen LogP contribution in [0.25, 0.3) is 0 Å². The molecular formula is C20H21NO5. The molecule has 136 valence electrons. The maximum absolute atomic E-state index is 12.3. The van der Waals surface area contributed by atoms with E-state index in [9.17, 15) is 9.59 Å². The summed E-state index contributed by atoms with van der Waals surface area (Å²) >= 11 is 0. The Balaban J connectivity index is 1.53. The van der Waals surface area contributed by atoms with Gasteiger partial charge in [0.05, 0.1) is 6.61 Å². The molecule has 1 aliphatic heterocycles. The van der Waals surface area contributed by atoms with Crippen LogP contribution in [-0.2, 0) is 16.1 Å². The molecule has 3 rings (SSSR count). The van der Waals surface area contributed by atoms with Gasteiger partial charge in [-0.1, -0.05) is 30.3 Å². The number of amides is 1. The Hall–Kier alpha value is -3.02. The Labute approximate surface area is 151 Å². The van der Waals surface area contributed by atoms with Crippen molar-refractivity contribution in [3.63, 3.8) is 0 Å². The molecular weight excluding hydrogens is 334 g/mol. The molecule has 2 N–H and O–H groups in total. The van der Waals surface area contributed by atoms with Crippen LogP contribution in [-0.4, -0.2) is 30.2 Å². The molecule has 1 amide bonds. The average Bonchev–Trinajstić information content (AvgIpc) is 2.65. The van der Waals surface area contributed by atoms with Gasteiger partial charge in [0.1, 0.15) is 11.5 Å². The summed E-state index contributed by atoms with van der Waals surface area (Å²) in [6, 6.07) is 14.9. The van der Waals surface area contributed by atoms with E-state index in [4.69, 9.17) is 14.6 Å². The molecule has 0 fully saturated rings. The Morgan fingerprint density at radius 2 is 2.04 bits per heavy atom. The van der Waals surface area contributed by atoms with Gasteiger partial charge in [-0.25, -0.2) is 4.79 Å². The third kappa shape index (κ3) is 4.75. The van der Waals surface area contributed by atoms with Crippen molar-refractivity contribution in [2.24, 2.45) is 0 Å². The number of aliphatic carboxylic acids is 1. The molecule has 26 heavy (non-hydrogen) atoms. The fraction of sp³-hybridized carbons (Fsp3) is 0.300. The van der Waals surface area contributed by atoms with Crippen LogP contribution in [0.4, 0.5) is 0 Å². The van der Waals surface area contributed by atoms with Gasteiger partial charge < -0.3 is 19.9 Å². The minimum Gasteiger partial charge on any atom is -0.493 e. The van der Waals surface area contributed by atoms with E-state index in [1.807, 2.05) is 30.3 Å². The lowest BCUT2D eigenvalue weighted by atomic mass is 9.90. The van der Waals surface area contributed by atoms with E-state index < -0.39 is 5.97 Å². The van der Waals surface area contributed by atoms with Crippen LogP contribution in [0.3, 0.4) is 0 Å². The number of ether oxygens (including phenoxy) is 2. The lowest BCUT2D eigenvalue weighted by Crippen LogP contribution is -2.26. The molecule has 0 radical (unpaired) electrons. The molecule has 2 aromatic carbocycles. The fourth-order valence-corrected chi connectivity index (χ4v) is 3.01. The number of carbonyl (C=O) groups excluding carboxylic acids is 1. The predicted octanol–water partition coefficient (Wildman–Crippen LogP) is 2.72. The highest BCUT2D eigenvalue weighted by molar-refractivity contribution is 5.77. The van der Waals surface area contributed by atoms with Gasteiger partial charge in [-0.2, -0.15) is 0 Å². The number of carbonyl (C=O) groups is 2. The topological polar surface area (TPSA) is 84.9 Å². The second kappa shape index (κ2) is 8.38. The van der Waals surface area contributed by atoms with Gasteiger partial charge in [0.25, 0.3) is 0 Å². The number of fused-ring (bicyclic) bond motifs is 1. The smallest absolute Gasteiger partial charge is 0.341 e. The van der Waals surface area contributed by atoms with Gasteiger partial charge in [-0.15, -0.1) is 0 Å². The van der Waals surface area contributed by atoms with Gasteiger partial charge in [0.2, 0.25) is 5.91 Å². The molecule has 6 heteroatoms. The largest absolute Gasteiger partial charge is 0.493 e. The van der Waals surface area contributed by atoms with Crippen LogP contribution in [0, 0.1) is 0 Å².